The maximum atomic E-state index is 12.2. The van der Waals surface area contributed by atoms with Gasteiger partial charge in [-0.1, -0.05) is 6.07 Å². The molecule has 0 atom stereocenters. The number of sulfonamides is 1. The van der Waals surface area contributed by atoms with E-state index in [2.05, 4.69) is 9.93 Å². The molecule has 0 saturated heterocycles. The molecule has 25 heavy (non-hydrogen) atoms. The van der Waals surface area contributed by atoms with Crippen molar-refractivity contribution in [1.29, 1.82) is 0 Å². The van der Waals surface area contributed by atoms with E-state index in [1.54, 1.807) is 12.1 Å². The monoisotopic (exact) mass is 363 g/mol. The van der Waals surface area contributed by atoms with Crippen molar-refractivity contribution < 1.29 is 18.1 Å². The molecule has 0 spiro atoms. The molecule has 2 aromatic rings. The molecule has 0 unspecified atom stereocenters. The fourth-order valence-corrected chi connectivity index (χ4v) is 2.91. The van der Waals surface area contributed by atoms with Crippen LogP contribution < -0.4 is 9.57 Å². The second-order valence-corrected chi connectivity index (χ2v) is 6.95. The molecule has 1 N–H and O–H groups in total. The van der Waals surface area contributed by atoms with Gasteiger partial charge in [0.1, 0.15) is 0 Å². The summed E-state index contributed by atoms with van der Waals surface area (Å²) in [5.74, 6) is 0.109. The van der Waals surface area contributed by atoms with Crippen LogP contribution in [0.1, 0.15) is 16.7 Å². The van der Waals surface area contributed by atoms with Crippen molar-refractivity contribution in [2.75, 3.05) is 7.11 Å². The minimum absolute atomic E-state index is 0.0912. The van der Waals surface area contributed by atoms with Gasteiger partial charge in [0.25, 0.3) is 10.0 Å². The van der Waals surface area contributed by atoms with Gasteiger partial charge < -0.3 is 4.74 Å². The van der Waals surface area contributed by atoms with Crippen molar-refractivity contribution in [3.05, 3.63) is 63.2 Å². The zero-order valence-electron chi connectivity index (χ0n) is 13.9. The number of hydrogen-bond donors (Lipinski definition) is 1. The van der Waals surface area contributed by atoms with E-state index in [1.807, 2.05) is 13.8 Å². The van der Waals surface area contributed by atoms with Gasteiger partial charge in [0.2, 0.25) is 0 Å². The van der Waals surface area contributed by atoms with E-state index < -0.39 is 14.9 Å². The molecule has 9 heteroatoms. The third-order valence-corrected chi connectivity index (χ3v) is 4.80. The van der Waals surface area contributed by atoms with E-state index in [-0.39, 0.29) is 16.3 Å². The Labute approximate surface area is 145 Å². The Morgan fingerprint density at radius 2 is 1.88 bits per heavy atom. The molecule has 0 fully saturated rings. The second-order valence-electron chi connectivity index (χ2n) is 5.29. The van der Waals surface area contributed by atoms with Crippen LogP contribution in [0.4, 0.5) is 5.69 Å². The number of methoxy groups -OCH3 is 1. The Hall–Kier alpha value is -2.94. The summed E-state index contributed by atoms with van der Waals surface area (Å²) in [7, 11) is -2.49. The molecule has 2 aromatic carbocycles. The number of nitro groups is 1. The lowest BCUT2D eigenvalue weighted by atomic mass is 10.1. The highest BCUT2D eigenvalue weighted by Gasteiger charge is 2.15. The van der Waals surface area contributed by atoms with Gasteiger partial charge in [-0.05, 0) is 49.2 Å². The predicted octanol–water partition coefficient (Wildman–Crippen LogP) is 2.53. The van der Waals surface area contributed by atoms with E-state index in [4.69, 9.17) is 4.74 Å². The predicted molar refractivity (Wildman–Crippen MR) is 93.5 cm³/mol. The molecule has 8 nitrogen and oxygen atoms in total. The van der Waals surface area contributed by atoms with Gasteiger partial charge >= 0.3 is 5.69 Å². The minimum Gasteiger partial charge on any atom is -0.490 e. The molecule has 0 heterocycles. The van der Waals surface area contributed by atoms with E-state index in [0.717, 1.165) is 11.1 Å². The number of nitrogens with one attached hydrogen (secondary N) is 1. The summed E-state index contributed by atoms with van der Waals surface area (Å²) in [6.45, 7) is 3.70. The molecule has 0 amide bonds. The molecule has 0 radical (unpaired) electrons. The lowest BCUT2D eigenvalue weighted by Crippen LogP contribution is -2.18. The maximum Gasteiger partial charge on any atom is 0.311 e. The number of ether oxygens (including phenoxy) is 1. The standard InChI is InChI=1S/C16H17N3O5S/c1-11-4-6-14(8-12(11)2)25(22,23)18-17-10-13-5-7-16(24-3)15(9-13)19(20)21/h4-10,18H,1-3H3/b17-10+. The largest absolute Gasteiger partial charge is 0.490 e. The van der Waals surface area contributed by atoms with Crippen molar-refractivity contribution >= 4 is 21.9 Å². The fraction of sp³-hybridized carbons (Fsp3) is 0.188. The van der Waals surface area contributed by atoms with Gasteiger partial charge in [0.15, 0.2) is 5.75 Å². The zero-order valence-corrected chi connectivity index (χ0v) is 14.7. The Morgan fingerprint density at radius 3 is 2.48 bits per heavy atom. The molecule has 0 saturated carbocycles. The van der Waals surface area contributed by atoms with Crippen LogP contribution in [0.25, 0.3) is 0 Å². The average Bonchev–Trinajstić information content (AvgIpc) is 2.56. The maximum absolute atomic E-state index is 12.2. The molecule has 132 valence electrons. The van der Waals surface area contributed by atoms with Gasteiger partial charge in [-0.15, -0.1) is 0 Å². The first-order valence-electron chi connectivity index (χ1n) is 7.19. The first kappa shape index (κ1) is 18.4. The van der Waals surface area contributed by atoms with Crippen LogP contribution in [0.5, 0.6) is 5.75 Å². The van der Waals surface area contributed by atoms with Gasteiger partial charge in [0, 0.05) is 11.6 Å². The molecule has 0 aromatic heterocycles. The second kappa shape index (κ2) is 7.31. The Bertz CT molecular complexity index is 939. The molecule has 2 rings (SSSR count). The van der Waals surface area contributed by atoms with Crippen LogP contribution in [0.2, 0.25) is 0 Å². The highest BCUT2D eigenvalue weighted by Crippen LogP contribution is 2.26. The molecule has 0 aliphatic rings. The molecular weight excluding hydrogens is 346 g/mol. The Morgan fingerprint density at radius 1 is 1.16 bits per heavy atom. The smallest absolute Gasteiger partial charge is 0.311 e. The van der Waals surface area contributed by atoms with Crippen molar-refractivity contribution in [3.63, 3.8) is 0 Å². The number of hydrazone groups is 1. The van der Waals surface area contributed by atoms with Gasteiger partial charge in [-0.2, -0.15) is 13.5 Å². The van der Waals surface area contributed by atoms with Gasteiger partial charge in [-0.25, -0.2) is 4.83 Å². The third-order valence-electron chi connectivity index (χ3n) is 3.57. The van der Waals surface area contributed by atoms with Crippen LogP contribution in [-0.4, -0.2) is 26.7 Å². The summed E-state index contributed by atoms with van der Waals surface area (Å²) in [5, 5.41) is 14.7. The lowest BCUT2D eigenvalue weighted by Gasteiger charge is -2.06. The molecular formula is C16H17N3O5S. The van der Waals surface area contributed by atoms with E-state index in [1.165, 1.54) is 37.6 Å². The summed E-state index contributed by atoms with van der Waals surface area (Å²) in [6, 6.07) is 8.92. The topological polar surface area (TPSA) is 111 Å². The number of nitro benzene ring substituents is 1. The number of benzene rings is 2. The first-order chi connectivity index (χ1) is 11.7. The Balaban J connectivity index is 2.21. The van der Waals surface area contributed by atoms with Gasteiger partial charge in [-0.3, -0.25) is 10.1 Å². The quantitative estimate of drug-likeness (QED) is 0.482. The summed E-state index contributed by atoms with van der Waals surface area (Å²) in [4.78, 5) is 12.6. The van der Waals surface area contributed by atoms with Crippen LogP contribution in [0, 0.1) is 24.0 Å². The van der Waals surface area contributed by atoms with Crippen LogP contribution in [0.15, 0.2) is 46.4 Å². The SMILES string of the molecule is COc1ccc(/C=N/NS(=O)(=O)c2ccc(C)c(C)c2)cc1[N+](=O)[O-]. The lowest BCUT2D eigenvalue weighted by molar-refractivity contribution is -0.385. The first-order valence-corrected chi connectivity index (χ1v) is 8.67. The highest BCUT2D eigenvalue weighted by atomic mass is 32.2. The third kappa shape index (κ3) is 4.32. The minimum atomic E-state index is -3.82. The van der Waals surface area contributed by atoms with Gasteiger partial charge in [0.05, 0.1) is 23.1 Å². The Kier molecular flexibility index (Phi) is 5.38. The summed E-state index contributed by atoms with van der Waals surface area (Å²) in [5.41, 5.74) is 1.95. The number of hydrogen-bond acceptors (Lipinski definition) is 6. The van der Waals surface area contributed by atoms with E-state index >= 15 is 0 Å². The summed E-state index contributed by atoms with van der Waals surface area (Å²) in [6.07, 6.45) is 1.19. The van der Waals surface area contributed by atoms with Crippen molar-refractivity contribution in [2.24, 2.45) is 5.10 Å². The van der Waals surface area contributed by atoms with Crippen molar-refractivity contribution in [2.45, 2.75) is 18.7 Å². The summed E-state index contributed by atoms with van der Waals surface area (Å²) >= 11 is 0. The van der Waals surface area contributed by atoms with Crippen LogP contribution in [-0.2, 0) is 10.0 Å². The number of aryl methyl sites for hydroxylation is 2. The van der Waals surface area contributed by atoms with Crippen LogP contribution in [0.3, 0.4) is 0 Å². The number of nitrogens with zero attached hydrogens (tertiary/aromatic N) is 2. The molecule has 0 aliphatic carbocycles. The van der Waals surface area contributed by atoms with Crippen LogP contribution >= 0.6 is 0 Å². The van der Waals surface area contributed by atoms with E-state index in [9.17, 15) is 18.5 Å². The highest BCUT2D eigenvalue weighted by molar-refractivity contribution is 7.89. The molecule has 0 bridgehead atoms. The summed E-state index contributed by atoms with van der Waals surface area (Å²) < 4.78 is 29.3. The zero-order chi connectivity index (χ0) is 18.6. The number of rotatable bonds is 6. The van der Waals surface area contributed by atoms with Crippen molar-refractivity contribution in [1.82, 2.24) is 4.83 Å². The fourth-order valence-electron chi connectivity index (χ4n) is 2.03. The van der Waals surface area contributed by atoms with E-state index in [0.29, 0.717) is 5.56 Å². The average molecular weight is 363 g/mol. The van der Waals surface area contributed by atoms with Crippen molar-refractivity contribution in [3.8, 4) is 5.75 Å². The molecule has 0 aliphatic heterocycles. The normalized spacial score (nSPS) is 11.5.